The molecule has 0 amide bonds. The summed E-state index contributed by atoms with van der Waals surface area (Å²) in [5, 5.41) is 0. The summed E-state index contributed by atoms with van der Waals surface area (Å²) < 4.78 is 0. The fourth-order valence-corrected chi connectivity index (χ4v) is 0.330. The Balaban J connectivity index is 3.00. The van der Waals surface area contributed by atoms with Gasteiger partial charge in [-0.2, -0.15) is 0 Å². The minimum absolute atomic E-state index is 0.141. The van der Waals surface area contributed by atoms with E-state index in [-0.39, 0.29) is 5.78 Å². The Labute approximate surface area is 44.7 Å². The van der Waals surface area contributed by atoms with Crippen LogP contribution < -0.4 is 0 Å². The SMILES string of the molecule is [CH2]CC(=O)[CH]CC. The van der Waals surface area contributed by atoms with E-state index in [1.807, 2.05) is 6.92 Å². The van der Waals surface area contributed by atoms with Gasteiger partial charge in [0.15, 0.2) is 0 Å². The summed E-state index contributed by atoms with van der Waals surface area (Å²) in [5.41, 5.74) is 0. The molecule has 0 atom stereocenters. The van der Waals surface area contributed by atoms with Crippen LogP contribution in [0.1, 0.15) is 19.8 Å². The lowest BCUT2D eigenvalue weighted by atomic mass is 10.2. The maximum atomic E-state index is 10.3. The molecule has 1 nitrogen and oxygen atoms in total. The monoisotopic (exact) mass is 98.1 g/mol. The molecule has 0 N–H and O–H groups in total. The van der Waals surface area contributed by atoms with Crippen molar-refractivity contribution in [1.82, 2.24) is 0 Å². The molecule has 0 bridgehead atoms. The van der Waals surface area contributed by atoms with Crippen LogP contribution in [-0.4, -0.2) is 5.78 Å². The van der Waals surface area contributed by atoms with Crippen molar-refractivity contribution >= 4 is 5.78 Å². The maximum absolute atomic E-state index is 10.3. The first-order chi connectivity index (χ1) is 3.31. The number of hydrogen-bond acceptors (Lipinski definition) is 1. The molecular weight excluding hydrogens is 88.1 g/mol. The van der Waals surface area contributed by atoms with Crippen LogP contribution in [0.4, 0.5) is 0 Å². The van der Waals surface area contributed by atoms with E-state index in [9.17, 15) is 4.79 Å². The Morgan fingerprint density at radius 1 is 1.86 bits per heavy atom. The van der Waals surface area contributed by atoms with E-state index < -0.39 is 0 Å². The van der Waals surface area contributed by atoms with Crippen LogP contribution in [0, 0.1) is 13.3 Å². The first-order valence-corrected chi connectivity index (χ1v) is 2.46. The molecular formula is C6H10O. The van der Waals surface area contributed by atoms with Crippen molar-refractivity contribution in [2.75, 3.05) is 0 Å². The molecule has 0 fully saturated rings. The second kappa shape index (κ2) is 3.85. The minimum atomic E-state index is 0.141. The molecule has 0 rings (SSSR count). The lowest BCUT2D eigenvalue weighted by Crippen LogP contribution is -1.92. The average molecular weight is 98.1 g/mol. The quantitative estimate of drug-likeness (QED) is 0.521. The van der Waals surface area contributed by atoms with Crippen LogP contribution in [0.25, 0.3) is 0 Å². The van der Waals surface area contributed by atoms with Crippen LogP contribution in [0.15, 0.2) is 0 Å². The Hall–Kier alpha value is -0.330. The molecule has 0 heterocycles. The van der Waals surface area contributed by atoms with Crippen LogP contribution in [-0.2, 0) is 4.79 Å². The lowest BCUT2D eigenvalue weighted by molar-refractivity contribution is -0.115. The number of Topliss-reactive ketones (excluding diaryl/α,β-unsaturated/α-hetero) is 1. The Morgan fingerprint density at radius 2 is 2.43 bits per heavy atom. The van der Waals surface area contributed by atoms with E-state index in [0.717, 1.165) is 6.42 Å². The molecule has 0 aliphatic carbocycles. The number of carbonyl (C=O) groups is 1. The molecule has 0 saturated heterocycles. The zero-order valence-electron chi connectivity index (χ0n) is 4.61. The molecule has 2 radical (unpaired) electrons. The molecule has 0 aromatic carbocycles. The third kappa shape index (κ3) is 3.50. The van der Waals surface area contributed by atoms with Gasteiger partial charge in [-0.1, -0.05) is 6.92 Å². The molecule has 0 saturated carbocycles. The smallest absolute Gasteiger partial charge is 0.136 e. The van der Waals surface area contributed by atoms with Gasteiger partial charge in [-0.15, -0.1) is 0 Å². The molecule has 0 aliphatic rings. The van der Waals surface area contributed by atoms with Crippen LogP contribution in [0.3, 0.4) is 0 Å². The van der Waals surface area contributed by atoms with E-state index in [4.69, 9.17) is 0 Å². The van der Waals surface area contributed by atoms with E-state index in [1.165, 1.54) is 0 Å². The van der Waals surface area contributed by atoms with Crippen molar-refractivity contribution in [3.8, 4) is 0 Å². The molecule has 7 heavy (non-hydrogen) atoms. The third-order valence-corrected chi connectivity index (χ3v) is 0.678. The average Bonchev–Trinajstić information content (AvgIpc) is 1.68. The summed E-state index contributed by atoms with van der Waals surface area (Å²) in [4.78, 5) is 10.3. The number of ketones is 1. The van der Waals surface area contributed by atoms with E-state index in [2.05, 4.69) is 6.92 Å². The van der Waals surface area contributed by atoms with Crippen molar-refractivity contribution in [3.63, 3.8) is 0 Å². The predicted octanol–water partition coefficient (Wildman–Crippen LogP) is 1.39. The summed E-state index contributed by atoms with van der Waals surface area (Å²) in [6.45, 7) is 5.36. The van der Waals surface area contributed by atoms with Crippen LogP contribution >= 0.6 is 0 Å². The largest absolute Gasteiger partial charge is 0.299 e. The van der Waals surface area contributed by atoms with Gasteiger partial charge in [0.25, 0.3) is 0 Å². The van der Waals surface area contributed by atoms with E-state index >= 15 is 0 Å². The fourth-order valence-electron chi connectivity index (χ4n) is 0.330. The highest BCUT2D eigenvalue weighted by Gasteiger charge is 1.92. The van der Waals surface area contributed by atoms with E-state index in [1.54, 1.807) is 6.42 Å². The van der Waals surface area contributed by atoms with Crippen LogP contribution in [0.2, 0.25) is 0 Å². The molecule has 0 aliphatic heterocycles. The molecule has 40 valence electrons. The Bertz CT molecular complexity index is 57.2. The second-order valence-electron chi connectivity index (χ2n) is 1.33. The van der Waals surface area contributed by atoms with Gasteiger partial charge in [0.1, 0.15) is 5.78 Å². The number of rotatable bonds is 3. The highest BCUT2D eigenvalue weighted by Crippen LogP contribution is 1.88. The van der Waals surface area contributed by atoms with Crippen molar-refractivity contribution in [1.29, 1.82) is 0 Å². The topological polar surface area (TPSA) is 17.1 Å². The second-order valence-corrected chi connectivity index (χ2v) is 1.33. The molecule has 0 spiro atoms. The maximum Gasteiger partial charge on any atom is 0.136 e. The minimum Gasteiger partial charge on any atom is -0.299 e. The first-order valence-electron chi connectivity index (χ1n) is 2.46. The lowest BCUT2D eigenvalue weighted by Gasteiger charge is -1.86. The van der Waals surface area contributed by atoms with Crippen LogP contribution in [0.5, 0.6) is 0 Å². The number of hydrogen-bond donors (Lipinski definition) is 0. The van der Waals surface area contributed by atoms with Gasteiger partial charge in [-0.25, -0.2) is 0 Å². The van der Waals surface area contributed by atoms with Gasteiger partial charge in [-0.3, -0.25) is 4.79 Å². The Morgan fingerprint density at radius 3 is 2.57 bits per heavy atom. The van der Waals surface area contributed by atoms with E-state index in [0.29, 0.717) is 6.42 Å². The fraction of sp³-hybridized carbons (Fsp3) is 0.500. The summed E-state index contributed by atoms with van der Waals surface area (Å²) >= 11 is 0. The summed E-state index contributed by atoms with van der Waals surface area (Å²) in [5.74, 6) is 0.141. The first kappa shape index (κ1) is 6.67. The van der Waals surface area contributed by atoms with Gasteiger partial charge >= 0.3 is 0 Å². The van der Waals surface area contributed by atoms with Gasteiger partial charge in [0.05, 0.1) is 0 Å². The van der Waals surface area contributed by atoms with Crippen molar-refractivity contribution < 1.29 is 4.79 Å². The predicted molar refractivity (Wildman–Crippen MR) is 29.6 cm³/mol. The highest BCUT2D eigenvalue weighted by atomic mass is 16.1. The van der Waals surface area contributed by atoms with Gasteiger partial charge < -0.3 is 0 Å². The third-order valence-electron chi connectivity index (χ3n) is 0.678. The standard InChI is InChI=1S/C6H10O/c1-3-5-6(7)4-2/h5H,2-4H2,1H3. The molecule has 0 aromatic rings. The zero-order valence-corrected chi connectivity index (χ0v) is 4.61. The van der Waals surface area contributed by atoms with Crippen molar-refractivity contribution in [2.45, 2.75) is 19.8 Å². The van der Waals surface area contributed by atoms with Crippen molar-refractivity contribution in [3.05, 3.63) is 13.3 Å². The summed E-state index contributed by atoms with van der Waals surface area (Å²) in [7, 11) is 0. The number of carbonyl (C=O) groups excluding carboxylic acids is 1. The van der Waals surface area contributed by atoms with Gasteiger partial charge in [0.2, 0.25) is 0 Å². The summed E-state index contributed by atoms with van der Waals surface area (Å²) in [6.07, 6.45) is 2.87. The molecule has 0 unspecified atom stereocenters. The molecule has 1 heteroatoms. The van der Waals surface area contributed by atoms with Crippen molar-refractivity contribution in [2.24, 2.45) is 0 Å². The summed E-state index contributed by atoms with van der Waals surface area (Å²) in [6, 6.07) is 0. The highest BCUT2D eigenvalue weighted by molar-refractivity contribution is 5.86. The van der Waals surface area contributed by atoms with Gasteiger partial charge in [0, 0.05) is 12.8 Å². The van der Waals surface area contributed by atoms with Gasteiger partial charge in [-0.05, 0) is 13.3 Å². The molecule has 0 aromatic heterocycles. The Kier molecular flexibility index (Phi) is 3.67. The zero-order chi connectivity index (χ0) is 5.70. The normalized spacial score (nSPS) is 8.86.